The van der Waals surface area contributed by atoms with Gasteiger partial charge in [-0.2, -0.15) is 0 Å². The van der Waals surface area contributed by atoms with Crippen molar-refractivity contribution < 1.29 is 14.3 Å². The second kappa shape index (κ2) is 11.5. The van der Waals surface area contributed by atoms with Gasteiger partial charge in [0.25, 0.3) is 0 Å². The number of para-hydroxylation sites is 1. The summed E-state index contributed by atoms with van der Waals surface area (Å²) in [6.45, 7) is 5.80. The van der Waals surface area contributed by atoms with Gasteiger partial charge in [-0.15, -0.1) is 0 Å². The van der Waals surface area contributed by atoms with Gasteiger partial charge in [0.1, 0.15) is 18.5 Å². The molecule has 1 heterocycles. The van der Waals surface area contributed by atoms with E-state index in [1.54, 1.807) is 0 Å². The lowest BCUT2D eigenvalue weighted by atomic mass is 10.1. The zero-order chi connectivity index (χ0) is 23.9. The summed E-state index contributed by atoms with van der Waals surface area (Å²) < 4.78 is 12.5. The molecule has 34 heavy (non-hydrogen) atoms. The summed E-state index contributed by atoms with van der Waals surface area (Å²) in [4.78, 5) is 15.0. The summed E-state index contributed by atoms with van der Waals surface area (Å²) in [5.41, 5.74) is 3.95. The summed E-state index contributed by atoms with van der Waals surface area (Å²) in [7, 11) is 0. The molecule has 0 spiro atoms. The zero-order valence-corrected chi connectivity index (χ0v) is 21.0. The number of nitrogens with one attached hydrogen (secondary N) is 3. The monoisotopic (exact) mass is 523 g/mol. The Morgan fingerprint density at radius 2 is 1.76 bits per heavy atom. The Morgan fingerprint density at radius 3 is 2.53 bits per heavy atom. The highest BCUT2D eigenvalue weighted by Gasteiger charge is 2.15. The number of ether oxygens (including phenoxy) is 2. The molecule has 0 bridgehead atoms. The molecule has 178 valence electrons. The molecule has 0 unspecified atom stereocenters. The maximum Gasteiger partial charge on any atom is 0.235 e. The van der Waals surface area contributed by atoms with Crippen LogP contribution >= 0.6 is 15.9 Å². The summed E-state index contributed by atoms with van der Waals surface area (Å²) >= 11 is 3.15. The number of amides is 1. The van der Waals surface area contributed by atoms with Crippen LogP contribution in [-0.2, 0) is 16.1 Å². The minimum Gasteiger partial charge on any atom is -0.490 e. The molecule has 3 N–H and O–H groups in total. The van der Waals surface area contributed by atoms with Crippen LogP contribution < -0.4 is 15.4 Å². The lowest BCUT2D eigenvalue weighted by molar-refractivity contribution is -0.113. The molecule has 0 fully saturated rings. The molecule has 0 aliphatic heterocycles. The van der Waals surface area contributed by atoms with E-state index in [1.807, 2.05) is 48.5 Å². The molecule has 0 saturated heterocycles. The number of anilines is 1. The van der Waals surface area contributed by atoms with Gasteiger partial charge in [0.2, 0.25) is 5.91 Å². The Labute approximate surface area is 208 Å². The Morgan fingerprint density at radius 1 is 1.00 bits per heavy atom. The van der Waals surface area contributed by atoms with E-state index in [1.165, 1.54) is 0 Å². The smallest absolute Gasteiger partial charge is 0.235 e. The van der Waals surface area contributed by atoms with Crippen molar-refractivity contribution in [2.24, 2.45) is 0 Å². The number of alkyl halides is 1. The molecule has 3 aromatic carbocycles. The third-order valence-corrected chi connectivity index (χ3v) is 6.02. The molecule has 6 nitrogen and oxygen atoms in total. The van der Waals surface area contributed by atoms with Crippen molar-refractivity contribution in [3.8, 4) is 5.75 Å². The normalized spacial score (nSPS) is 12.4. The maximum atomic E-state index is 11.5. The van der Waals surface area contributed by atoms with Gasteiger partial charge in [-0.05, 0) is 35.9 Å². The van der Waals surface area contributed by atoms with E-state index < -0.39 is 0 Å². The number of carbonyl (C=O) groups excluding carboxylic acids is 1. The second-order valence-corrected chi connectivity index (χ2v) is 9.10. The van der Waals surface area contributed by atoms with E-state index >= 15 is 0 Å². The van der Waals surface area contributed by atoms with E-state index in [0.717, 1.165) is 38.8 Å². The summed E-state index contributed by atoms with van der Waals surface area (Å²) in [5, 5.41) is 8.79. The Balaban J connectivity index is 1.43. The number of aromatic amines is 1. The minimum absolute atomic E-state index is 0.0776. The highest BCUT2D eigenvalue weighted by Crippen LogP contribution is 2.33. The van der Waals surface area contributed by atoms with Crippen LogP contribution in [0.2, 0.25) is 0 Å². The maximum absolute atomic E-state index is 11.5. The van der Waals surface area contributed by atoms with Crippen molar-refractivity contribution in [3.63, 3.8) is 0 Å². The van der Waals surface area contributed by atoms with Gasteiger partial charge in [0, 0.05) is 34.6 Å². The second-order valence-electron chi connectivity index (χ2n) is 8.53. The SMILES string of the molecule is CC(C)NC[C@@H](COc1cccc2[nH]c3ccccc3c12)OCc1ccc(NC(=O)CBr)cc1. The first-order valence-electron chi connectivity index (χ1n) is 11.5. The molecule has 1 amide bonds. The molecule has 0 aliphatic carbocycles. The van der Waals surface area contributed by atoms with Crippen LogP contribution in [0.5, 0.6) is 5.75 Å². The number of carbonyl (C=O) groups is 1. The number of hydrogen-bond acceptors (Lipinski definition) is 4. The molecule has 4 rings (SSSR count). The molecular formula is C27H30BrN3O3. The van der Waals surface area contributed by atoms with Crippen molar-refractivity contribution in [2.45, 2.75) is 32.6 Å². The van der Waals surface area contributed by atoms with Crippen LogP contribution in [0.25, 0.3) is 21.8 Å². The van der Waals surface area contributed by atoms with Gasteiger partial charge in [0.15, 0.2) is 0 Å². The third kappa shape index (κ3) is 6.17. The standard InChI is InChI=1S/C27H30BrN3O3/c1-18(2)29-15-21(33-16-19-10-12-20(13-11-19)30-26(32)14-28)17-34-25-9-5-8-24-27(25)22-6-3-4-7-23(22)31-24/h3-13,18,21,29,31H,14-17H2,1-2H3,(H,30,32)/t21-/m0/s1. The average Bonchev–Trinajstić information content (AvgIpc) is 3.23. The van der Waals surface area contributed by atoms with Gasteiger partial charge < -0.3 is 25.1 Å². The number of aromatic nitrogens is 1. The third-order valence-electron chi connectivity index (χ3n) is 5.52. The van der Waals surface area contributed by atoms with Crippen LogP contribution in [0, 0.1) is 0 Å². The number of fused-ring (bicyclic) bond motifs is 3. The van der Waals surface area contributed by atoms with Gasteiger partial charge in [-0.1, -0.05) is 66.2 Å². The fourth-order valence-corrected chi connectivity index (χ4v) is 3.94. The van der Waals surface area contributed by atoms with Crippen molar-refractivity contribution in [3.05, 3.63) is 72.3 Å². The fourth-order valence-electron chi connectivity index (χ4n) is 3.80. The van der Waals surface area contributed by atoms with Gasteiger partial charge in [0.05, 0.1) is 17.5 Å². The van der Waals surface area contributed by atoms with Crippen LogP contribution in [0.3, 0.4) is 0 Å². The average molecular weight is 524 g/mol. The lowest BCUT2D eigenvalue weighted by Crippen LogP contribution is -2.37. The fraction of sp³-hybridized carbons (Fsp3) is 0.296. The van der Waals surface area contributed by atoms with Gasteiger partial charge >= 0.3 is 0 Å². The van der Waals surface area contributed by atoms with E-state index in [9.17, 15) is 4.79 Å². The molecule has 1 atom stereocenters. The Bertz CT molecular complexity index is 1240. The number of benzene rings is 3. The molecule has 4 aromatic rings. The first kappa shape index (κ1) is 24.3. The highest BCUT2D eigenvalue weighted by molar-refractivity contribution is 9.09. The molecule has 0 radical (unpaired) electrons. The van der Waals surface area contributed by atoms with Crippen LogP contribution in [0.1, 0.15) is 19.4 Å². The predicted octanol–water partition coefficient (Wildman–Crippen LogP) is 5.62. The number of H-pyrrole nitrogens is 1. The van der Waals surface area contributed by atoms with E-state index in [0.29, 0.717) is 25.8 Å². The van der Waals surface area contributed by atoms with Crippen LogP contribution in [0.4, 0.5) is 5.69 Å². The number of halogens is 1. The van der Waals surface area contributed by atoms with E-state index in [2.05, 4.69) is 63.6 Å². The Hall–Kier alpha value is -2.87. The highest BCUT2D eigenvalue weighted by atomic mass is 79.9. The first-order valence-corrected chi connectivity index (χ1v) is 12.6. The molecule has 7 heteroatoms. The van der Waals surface area contributed by atoms with Crippen LogP contribution in [-0.4, -0.2) is 41.5 Å². The molecule has 0 saturated carbocycles. The van der Waals surface area contributed by atoms with Crippen molar-refractivity contribution in [2.75, 3.05) is 23.8 Å². The van der Waals surface area contributed by atoms with Crippen molar-refractivity contribution in [1.82, 2.24) is 10.3 Å². The Kier molecular flexibility index (Phi) is 8.21. The lowest BCUT2D eigenvalue weighted by Gasteiger charge is -2.21. The summed E-state index contributed by atoms with van der Waals surface area (Å²) in [6.07, 6.45) is -0.129. The number of hydrogen-bond donors (Lipinski definition) is 3. The summed E-state index contributed by atoms with van der Waals surface area (Å²) in [6, 6.07) is 22.4. The minimum atomic E-state index is -0.129. The van der Waals surface area contributed by atoms with E-state index in [-0.39, 0.29) is 17.3 Å². The van der Waals surface area contributed by atoms with Crippen LogP contribution in [0.15, 0.2) is 66.7 Å². The molecule has 0 aliphatic rings. The van der Waals surface area contributed by atoms with Crippen molar-refractivity contribution in [1.29, 1.82) is 0 Å². The van der Waals surface area contributed by atoms with Gasteiger partial charge in [-0.25, -0.2) is 0 Å². The predicted molar refractivity (Wildman–Crippen MR) is 142 cm³/mol. The topological polar surface area (TPSA) is 75.4 Å². The largest absolute Gasteiger partial charge is 0.490 e. The zero-order valence-electron chi connectivity index (χ0n) is 19.4. The van der Waals surface area contributed by atoms with Crippen molar-refractivity contribution >= 4 is 49.3 Å². The quantitative estimate of drug-likeness (QED) is 0.223. The van der Waals surface area contributed by atoms with Gasteiger partial charge in [-0.3, -0.25) is 4.79 Å². The number of rotatable bonds is 11. The summed E-state index contributed by atoms with van der Waals surface area (Å²) in [5.74, 6) is 0.770. The molecule has 1 aromatic heterocycles. The van der Waals surface area contributed by atoms with E-state index in [4.69, 9.17) is 9.47 Å². The molecular weight excluding hydrogens is 494 g/mol. The first-order chi connectivity index (χ1) is 16.5.